The van der Waals surface area contributed by atoms with Gasteiger partial charge in [-0.2, -0.15) is 4.31 Å². The maximum Gasteiger partial charge on any atom is 0.255 e. The minimum atomic E-state index is -3.85. The number of hydrogen-bond acceptors (Lipinski definition) is 4. The molecule has 0 aromatic heterocycles. The van der Waals surface area contributed by atoms with Gasteiger partial charge in [-0.3, -0.25) is 4.79 Å². The monoisotopic (exact) mass is 394 g/mol. The third kappa shape index (κ3) is 5.05. The summed E-state index contributed by atoms with van der Waals surface area (Å²) < 4.78 is 45.1. The van der Waals surface area contributed by atoms with Crippen LogP contribution in [0.25, 0.3) is 0 Å². The molecular weight excluding hydrogens is 371 g/mol. The smallest absolute Gasteiger partial charge is 0.255 e. The van der Waals surface area contributed by atoms with Gasteiger partial charge in [-0.1, -0.05) is 12.1 Å². The average molecular weight is 394 g/mol. The van der Waals surface area contributed by atoms with Gasteiger partial charge in [0.1, 0.15) is 11.6 Å². The molecule has 146 valence electrons. The summed E-state index contributed by atoms with van der Waals surface area (Å²) in [5.74, 6) is -0.520. The Morgan fingerprint density at radius 2 is 1.81 bits per heavy atom. The van der Waals surface area contributed by atoms with E-state index < -0.39 is 15.9 Å². The van der Waals surface area contributed by atoms with Crippen molar-refractivity contribution in [1.82, 2.24) is 9.62 Å². The zero-order valence-corrected chi connectivity index (χ0v) is 16.5. The third-order valence-electron chi connectivity index (χ3n) is 3.86. The molecule has 2 aromatic carbocycles. The summed E-state index contributed by atoms with van der Waals surface area (Å²) >= 11 is 0. The molecule has 0 unspecified atom stereocenters. The normalized spacial score (nSPS) is 11.7. The van der Waals surface area contributed by atoms with Crippen molar-refractivity contribution in [2.75, 3.05) is 14.2 Å². The van der Waals surface area contributed by atoms with Gasteiger partial charge in [-0.15, -0.1) is 0 Å². The predicted octanol–water partition coefficient (Wildman–Crippen LogP) is 2.79. The molecule has 0 spiro atoms. The summed E-state index contributed by atoms with van der Waals surface area (Å²) in [6, 6.07) is 9.63. The van der Waals surface area contributed by atoms with Crippen molar-refractivity contribution in [3.8, 4) is 5.75 Å². The second-order valence-corrected chi connectivity index (χ2v) is 8.42. The van der Waals surface area contributed by atoms with Crippen molar-refractivity contribution < 1.29 is 22.3 Å². The van der Waals surface area contributed by atoms with Crippen LogP contribution in [0, 0.1) is 5.82 Å². The molecule has 0 fully saturated rings. The number of rotatable bonds is 7. The highest BCUT2D eigenvalue weighted by atomic mass is 32.2. The fourth-order valence-electron chi connectivity index (χ4n) is 2.48. The highest BCUT2D eigenvalue weighted by Crippen LogP contribution is 2.25. The molecule has 2 rings (SSSR count). The molecule has 0 aliphatic rings. The van der Waals surface area contributed by atoms with Gasteiger partial charge in [0.25, 0.3) is 5.91 Å². The molecule has 1 N–H and O–H groups in total. The van der Waals surface area contributed by atoms with Crippen molar-refractivity contribution in [3.05, 3.63) is 59.4 Å². The average Bonchev–Trinajstić information content (AvgIpc) is 2.62. The van der Waals surface area contributed by atoms with E-state index in [9.17, 15) is 17.6 Å². The number of sulfonamides is 1. The standard InChI is InChI=1S/C19H23FN2O4S/c1-13(2)21-19(23)17-11-16(9-10-18(17)26-4)27(24,25)22(3)12-14-5-7-15(20)8-6-14/h5-11,13H,12H2,1-4H3,(H,21,23). The van der Waals surface area contributed by atoms with Gasteiger partial charge in [-0.25, -0.2) is 12.8 Å². The second-order valence-electron chi connectivity index (χ2n) is 6.38. The van der Waals surface area contributed by atoms with Crippen molar-refractivity contribution in [3.63, 3.8) is 0 Å². The van der Waals surface area contributed by atoms with Crippen molar-refractivity contribution in [1.29, 1.82) is 0 Å². The minimum Gasteiger partial charge on any atom is -0.496 e. The van der Waals surface area contributed by atoms with Crippen LogP contribution < -0.4 is 10.1 Å². The largest absolute Gasteiger partial charge is 0.496 e. The van der Waals surface area contributed by atoms with E-state index in [1.807, 2.05) is 0 Å². The summed E-state index contributed by atoms with van der Waals surface area (Å²) in [6.45, 7) is 3.69. The molecule has 1 amide bonds. The number of hydrogen-bond donors (Lipinski definition) is 1. The molecular formula is C19H23FN2O4S. The van der Waals surface area contributed by atoms with Crippen LogP contribution in [0.2, 0.25) is 0 Å². The quantitative estimate of drug-likeness (QED) is 0.784. The molecule has 0 bridgehead atoms. The number of nitrogens with zero attached hydrogens (tertiary/aromatic N) is 1. The van der Waals surface area contributed by atoms with Crippen LogP contribution in [0.1, 0.15) is 29.8 Å². The first-order valence-electron chi connectivity index (χ1n) is 8.35. The summed E-state index contributed by atoms with van der Waals surface area (Å²) in [5.41, 5.74) is 0.788. The van der Waals surface area contributed by atoms with Gasteiger partial charge in [0.05, 0.1) is 17.6 Å². The fourth-order valence-corrected chi connectivity index (χ4v) is 3.66. The summed E-state index contributed by atoms with van der Waals surface area (Å²) in [4.78, 5) is 12.3. The minimum absolute atomic E-state index is 0.0261. The fraction of sp³-hybridized carbons (Fsp3) is 0.316. The molecule has 0 atom stereocenters. The summed E-state index contributed by atoms with van der Waals surface area (Å²) in [7, 11) is -1.01. The van der Waals surface area contributed by atoms with Crippen molar-refractivity contribution in [2.24, 2.45) is 0 Å². The molecule has 0 aliphatic carbocycles. The van der Waals surface area contributed by atoms with Gasteiger partial charge >= 0.3 is 0 Å². The molecule has 6 nitrogen and oxygen atoms in total. The molecule has 0 heterocycles. The molecule has 0 aliphatic heterocycles. The SMILES string of the molecule is COc1ccc(S(=O)(=O)N(C)Cc2ccc(F)cc2)cc1C(=O)NC(C)C. The molecule has 0 saturated heterocycles. The van der Waals surface area contributed by atoms with Crippen LogP contribution >= 0.6 is 0 Å². The number of methoxy groups -OCH3 is 1. The van der Waals surface area contributed by atoms with E-state index in [4.69, 9.17) is 4.74 Å². The number of carbonyl (C=O) groups is 1. The molecule has 0 radical (unpaired) electrons. The van der Waals surface area contributed by atoms with Crippen LogP contribution in [-0.4, -0.2) is 38.8 Å². The number of carbonyl (C=O) groups excluding carboxylic acids is 1. The Kier molecular flexibility index (Phi) is 6.56. The Labute approximate surface area is 159 Å². The molecule has 2 aromatic rings. The van der Waals surface area contributed by atoms with Gasteiger partial charge in [0.2, 0.25) is 10.0 Å². The van der Waals surface area contributed by atoms with Crippen LogP contribution in [0.3, 0.4) is 0 Å². The van der Waals surface area contributed by atoms with E-state index in [1.54, 1.807) is 13.8 Å². The van der Waals surface area contributed by atoms with E-state index in [0.29, 0.717) is 5.56 Å². The maximum absolute atomic E-state index is 13.0. The van der Waals surface area contributed by atoms with E-state index in [2.05, 4.69) is 5.32 Å². The Morgan fingerprint density at radius 1 is 1.19 bits per heavy atom. The highest BCUT2D eigenvalue weighted by Gasteiger charge is 2.24. The Bertz CT molecular complexity index is 912. The van der Waals surface area contributed by atoms with Crippen LogP contribution in [-0.2, 0) is 16.6 Å². The number of amides is 1. The molecule has 8 heteroatoms. The van der Waals surface area contributed by atoms with Crippen LogP contribution in [0.5, 0.6) is 5.75 Å². The first kappa shape index (κ1) is 20.9. The Balaban J connectivity index is 2.34. The van der Waals surface area contributed by atoms with Crippen molar-refractivity contribution >= 4 is 15.9 Å². The lowest BCUT2D eigenvalue weighted by atomic mass is 10.2. The number of nitrogens with one attached hydrogen (secondary N) is 1. The predicted molar refractivity (Wildman–Crippen MR) is 101 cm³/mol. The van der Waals surface area contributed by atoms with E-state index in [1.165, 1.54) is 56.6 Å². The van der Waals surface area contributed by atoms with E-state index >= 15 is 0 Å². The van der Waals surface area contributed by atoms with Crippen molar-refractivity contribution in [2.45, 2.75) is 31.3 Å². The lowest BCUT2D eigenvalue weighted by molar-refractivity contribution is 0.0940. The zero-order valence-electron chi connectivity index (χ0n) is 15.7. The number of ether oxygens (including phenoxy) is 1. The van der Waals surface area contributed by atoms with Gasteiger partial charge < -0.3 is 10.1 Å². The Hall–Kier alpha value is -2.45. The van der Waals surface area contributed by atoms with Crippen LogP contribution in [0.15, 0.2) is 47.4 Å². The first-order chi connectivity index (χ1) is 12.6. The topological polar surface area (TPSA) is 75.7 Å². The number of halogens is 1. The van der Waals surface area contributed by atoms with Gasteiger partial charge in [0, 0.05) is 19.6 Å². The van der Waals surface area contributed by atoms with E-state index in [0.717, 1.165) is 4.31 Å². The Morgan fingerprint density at radius 3 is 2.37 bits per heavy atom. The van der Waals surface area contributed by atoms with E-state index in [-0.39, 0.29) is 34.6 Å². The lowest BCUT2D eigenvalue weighted by Gasteiger charge is -2.19. The van der Waals surface area contributed by atoms with Gasteiger partial charge in [-0.05, 0) is 49.7 Å². The first-order valence-corrected chi connectivity index (χ1v) is 9.79. The lowest BCUT2D eigenvalue weighted by Crippen LogP contribution is -2.31. The second kappa shape index (κ2) is 8.49. The molecule has 0 saturated carbocycles. The summed E-state index contributed by atoms with van der Waals surface area (Å²) in [6.07, 6.45) is 0. The maximum atomic E-state index is 13.0. The third-order valence-corrected chi connectivity index (χ3v) is 5.66. The zero-order chi connectivity index (χ0) is 20.2. The van der Waals surface area contributed by atoms with Gasteiger partial charge in [0.15, 0.2) is 0 Å². The number of benzene rings is 2. The van der Waals surface area contributed by atoms with Crippen LogP contribution in [0.4, 0.5) is 4.39 Å². The summed E-state index contributed by atoms with van der Waals surface area (Å²) in [5, 5.41) is 2.72. The highest BCUT2D eigenvalue weighted by molar-refractivity contribution is 7.89. The molecule has 27 heavy (non-hydrogen) atoms.